The van der Waals surface area contributed by atoms with E-state index >= 15 is 0 Å². The van der Waals surface area contributed by atoms with Gasteiger partial charge in [0, 0.05) is 11.3 Å². The van der Waals surface area contributed by atoms with Crippen LogP contribution in [0, 0.1) is 0 Å². The normalized spacial score (nSPS) is 10.3. The SMILES string of the molecule is O=C(Nc1ccc(OCc2ccccc2)cc1)c1cccc(OCCOc2ccccc2)c1. The third kappa shape index (κ3) is 6.87. The van der Waals surface area contributed by atoms with Gasteiger partial charge < -0.3 is 19.5 Å². The van der Waals surface area contributed by atoms with E-state index < -0.39 is 0 Å². The number of ether oxygens (including phenoxy) is 3. The van der Waals surface area contributed by atoms with Gasteiger partial charge in [-0.1, -0.05) is 54.6 Å². The number of para-hydroxylation sites is 1. The first-order chi connectivity index (χ1) is 16.3. The molecule has 0 heterocycles. The lowest BCUT2D eigenvalue weighted by Crippen LogP contribution is -2.13. The largest absolute Gasteiger partial charge is 0.490 e. The van der Waals surface area contributed by atoms with Crippen LogP contribution in [0.4, 0.5) is 5.69 Å². The Bertz CT molecular complexity index is 1150. The highest BCUT2D eigenvalue weighted by molar-refractivity contribution is 6.04. The molecule has 0 aliphatic heterocycles. The molecule has 5 nitrogen and oxygen atoms in total. The summed E-state index contributed by atoms with van der Waals surface area (Å²) in [6, 6.07) is 33.9. The van der Waals surface area contributed by atoms with Crippen molar-refractivity contribution in [1.29, 1.82) is 0 Å². The second-order valence-electron chi connectivity index (χ2n) is 7.29. The lowest BCUT2D eigenvalue weighted by molar-refractivity contribution is 0.102. The summed E-state index contributed by atoms with van der Waals surface area (Å²) in [4.78, 5) is 12.7. The summed E-state index contributed by atoms with van der Waals surface area (Å²) in [5, 5.41) is 2.90. The number of carbonyl (C=O) groups excluding carboxylic acids is 1. The van der Waals surface area contributed by atoms with Crippen LogP contribution in [-0.4, -0.2) is 19.1 Å². The molecule has 4 aromatic rings. The zero-order valence-electron chi connectivity index (χ0n) is 18.1. The highest BCUT2D eigenvalue weighted by Crippen LogP contribution is 2.19. The molecular weight excluding hydrogens is 414 g/mol. The number of anilines is 1. The van der Waals surface area contributed by atoms with E-state index in [4.69, 9.17) is 14.2 Å². The van der Waals surface area contributed by atoms with Crippen LogP contribution < -0.4 is 19.5 Å². The number of nitrogens with one attached hydrogen (secondary N) is 1. The van der Waals surface area contributed by atoms with E-state index in [2.05, 4.69) is 5.32 Å². The second kappa shape index (κ2) is 11.4. The Morgan fingerprint density at radius 2 is 1.21 bits per heavy atom. The van der Waals surface area contributed by atoms with Crippen molar-refractivity contribution >= 4 is 11.6 Å². The van der Waals surface area contributed by atoms with Crippen molar-refractivity contribution in [2.75, 3.05) is 18.5 Å². The van der Waals surface area contributed by atoms with Crippen LogP contribution >= 0.6 is 0 Å². The minimum absolute atomic E-state index is 0.209. The predicted octanol–water partition coefficient (Wildman–Crippen LogP) is 5.98. The van der Waals surface area contributed by atoms with Crippen LogP contribution in [0.3, 0.4) is 0 Å². The highest BCUT2D eigenvalue weighted by Gasteiger charge is 2.08. The molecule has 0 unspecified atom stereocenters. The maximum absolute atomic E-state index is 12.7. The van der Waals surface area contributed by atoms with Gasteiger partial charge in [0.1, 0.15) is 37.1 Å². The Balaban J connectivity index is 1.25. The lowest BCUT2D eigenvalue weighted by Gasteiger charge is -2.10. The van der Waals surface area contributed by atoms with Gasteiger partial charge in [0.2, 0.25) is 0 Å². The molecule has 0 aliphatic rings. The standard InChI is InChI=1S/C28H25NO4/c30-28(29-24-14-16-26(17-15-24)33-21-22-8-3-1-4-9-22)23-10-7-13-27(20-23)32-19-18-31-25-11-5-2-6-12-25/h1-17,20H,18-19,21H2,(H,29,30). The predicted molar refractivity (Wildman–Crippen MR) is 129 cm³/mol. The molecule has 1 N–H and O–H groups in total. The molecule has 5 heteroatoms. The van der Waals surface area contributed by atoms with E-state index in [9.17, 15) is 4.79 Å². The Labute approximate surface area is 193 Å². The molecular formula is C28H25NO4. The third-order valence-electron chi connectivity index (χ3n) is 4.82. The van der Waals surface area contributed by atoms with Crippen molar-refractivity contribution in [3.05, 3.63) is 120 Å². The van der Waals surface area contributed by atoms with Crippen LogP contribution in [0.2, 0.25) is 0 Å². The van der Waals surface area contributed by atoms with Crippen molar-refractivity contribution in [2.45, 2.75) is 6.61 Å². The molecule has 4 aromatic carbocycles. The maximum Gasteiger partial charge on any atom is 0.255 e. The molecule has 166 valence electrons. The number of rotatable bonds is 10. The summed E-state index contributed by atoms with van der Waals surface area (Å²) in [7, 11) is 0. The Kier molecular flexibility index (Phi) is 7.58. The molecule has 0 spiro atoms. The summed E-state index contributed by atoms with van der Waals surface area (Å²) < 4.78 is 17.1. The van der Waals surface area contributed by atoms with Crippen molar-refractivity contribution in [2.24, 2.45) is 0 Å². The van der Waals surface area contributed by atoms with E-state index in [-0.39, 0.29) is 5.91 Å². The zero-order chi connectivity index (χ0) is 22.7. The summed E-state index contributed by atoms with van der Waals surface area (Å²) in [6.45, 7) is 1.29. The molecule has 0 saturated heterocycles. The molecule has 0 fully saturated rings. The van der Waals surface area contributed by atoms with E-state index in [1.165, 1.54) is 0 Å². The molecule has 0 aliphatic carbocycles. The summed E-state index contributed by atoms with van der Waals surface area (Å²) in [5.41, 5.74) is 2.30. The van der Waals surface area contributed by atoms with Crippen LogP contribution in [0.5, 0.6) is 17.2 Å². The molecule has 4 rings (SSSR count). The van der Waals surface area contributed by atoms with Gasteiger partial charge in [-0.25, -0.2) is 0 Å². The first-order valence-corrected chi connectivity index (χ1v) is 10.8. The van der Waals surface area contributed by atoms with Gasteiger partial charge in [-0.2, -0.15) is 0 Å². The second-order valence-corrected chi connectivity index (χ2v) is 7.29. The molecule has 33 heavy (non-hydrogen) atoms. The summed E-state index contributed by atoms with van der Waals surface area (Å²) >= 11 is 0. The first-order valence-electron chi connectivity index (χ1n) is 10.8. The Morgan fingerprint density at radius 1 is 0.606 bits per heavy atom. The van der Waals surface area contributed by atoms with Crippen molar-refractivity contribution in [3.8, 4) is 17.2 Å². The van der Waals surface area contributed by atoms with Gasteiger partial charge in [0.05, 0.1) is 0 Å². The molecule has 0 aromatic heterocycles. The van der Waals surface area contributed by atoms with Crippen LogP contribution in [0.15, 0.2) is 109 Å². The summed E-state index contributed by atoms with van der Waals surface area (Å²) in [5.74, 6) is 1.94. The Morgan fingerprint density at radius 3 is 1.94 bits per heavy atom. The molecule has 0 saturated carbocycles. The first kappa shape index (κ1) is 22.0. The lowest BCUT2D eigenvalue weighted by atomic mass is 10.2. The number of benzene rings is 4. The van der Waals surface area contributed by atoms with Gasteiger partial charge in [-0.15, -0.1) is 0 Å². The van der Waals surface area contributed by atoms with Gasteiger partial charge >= 0.3 is 0 Å². The van der Waals surface area contributed by atoms with Gasteiger partial charge in [-0.3, -0.25) is 4.79 Å². The number of hydrogen-bond donors (Lipinski definition) is 1. The maximum atomic E-state index is 12.7. The average molecular weight is 440 g/mol. The molecule has 1 amide bonds. The highest BCUT2D eigenvalue weighted by atomic mass is 16.5. The van der Waals surface area contributed by atoms with Crippen LogP contribution in [0.25, 0.3) is 0 Å². The Hall–Kier alpha value is -4.25. The topological polar surface area (TPSA) is 56.8 Å². The molecule has 0 radical (unpaired) electrons. The van der Waals surface area contributed by atoms with Crippen molar-refractivity contribution in [1.82, 2.24) is 0 Å². The van der Waals surface area contributed by atoms with Gasteiger partial charge in [-0.05, 0) is 60.2 Å². The third-order valence-corrected chi connectivity index (χ3v) is 4.82. The van der Waals surface area contributed by atoms with E-state index in [0.29, 0.717) is 36.8 Å². The van der Waals surface area contributed by atoms with E-state index in [0.717, 1.165) is 17.1 Å². The minimum atomic E-state index is -0.209. The zero-order valence-corrected chi connectivity index (χ0v) is 18.1. The molecule has 0 atom stereocenters. The van der Waals surface area contributed by atoms with Crippen LogP contribution in [0.1, 0.15) is 15.9 Å². The van der Waals surface area contributed by atoms with E-state index in [1.54, 1.807) is 18.2 Å². The fraction of sp³-hybridized carbons (Fsp3) is 0.107. The average Bonchev–Trinajstić information content (AvgIpc) is 2.88. The number of amides is 1. The monoisotopic (exact) mass is 439 g/mol. The van der Waals surface area contributed by atoms with Crippen molar-refractivity contribution < 1.29 is 19.0 Å². The number of carbonyl (C=O) groups is 1. The molecule has 0 bridgehead atoms. The summed E-state index contributed by atoms with van der Waals surface area (Å²) in [6.07, 6.45) is 0. The van der Waals surface area contributed by atoms with Crippen molar-refractivity contribution in [3.63, 3.8) is 0 Å². The van der Waals surface area contributed by atoms with E-state index in [1.807, 2.05) is 91.0 Å². The fourth-order valence-electron chi connectivity index (χ4n) is 3.14. The van der Waals surface area contributed by atoms with Crippen LogP contribution in [-0.2, 0) is 6.61 Å². The minimum Gasteiger partial charge on any atom is -0.490 e. The number of hydrogen-bond acceptors (Lipinski definition) is 4. The smallest absolute Gasteiger partial charge is 0.255 e. The van der Waals surface area contributed by atoms with Gasteiger partial charge in [0.15, 0.2) is 0 Å². The fourth-order valence-corrected chi connectivity index (χ4v) is 3.14. The quantitative estimate of drug-likeness (QED) is 0.309. The van der Waals surface area contributed by atoms with Gasteiger partial charge in [0.25, 0.3) is 5.91 Å².